The second-order valence-electron chi connectivity index (χ2n) is 31.6. The Balaban J connectivity index is 0.000000145. The van der Waals surface area contributed by atoms with E-state index in [1.807, 2.05) is 210 Å². The van der Waals surface area contributed by atoms with Crippen molar-refractivity contribution >= 4 is 23.3 Å². The van der Waals surface area contributed by atoms with Gasteiger partial charge in [0.25, 0.3) is 0 Å². The van der Waals surface area contributed by atoms with Crippen LogP contribution in [0.2, 0.25) is 0 Å². The molecule has 0 amide bonds. The van der Waals surface area contributed by atoms with E-state index in [1.54, 1.807) is 38.5 Å². The highest BCUT2D eigenvalue weighted by atomic mass is 19.1. The van der Waals surface area contributed by atoms with Gasteiger partial charge in [0.2, 0.25) is 0 Å². The van der Waals surface area contributed by atoms with Crippen LogP contribution in [0.3, 0.4) is 0 Å². The first-order chi connectivity index (χ1) is 61.1. The SMILES string of the molecule is COc1cc([C@H](C)Nc2nnc(-c3ccc(-n4cnc(C)c4)c(CO)n3)cc2C)ccc1C.Cc1ccc([C@H](C)Nc2nnc(-c3ccc(-n4cnc(C)c4)c(CO)n3)cc2C)c(F)c1.Cc1cccc([C@H](C)Nc2nnc(-c3ccc(-n4cnc(C)c4)c(CO)n3)cc2C)c1.Cc1cccc([C@H](C)Nc2nnc(-c3ccc(-n4cnc(C)c4)c(CO)n3)cc2C)c1. The molecule has 12 aromatic heterocycles. The fourth-order valence-corrected chi connectivity index (χ4v) is 14.3. The van der Waals surface area contributed by atoms with Gasteiger partial charge in [0, 0.05) is 30.4 Å². The van der Waals surface area contributed by atoms with Crippen LogP contribution in [0.4, 0.5) is 27.7 Å². The molecule has 0 aliphatic rings. The number of aliphatic hydroxyl groups excluding tert-OH is 4. The lowest BCUT2D eigenvalue weighted by Crippen LogP contribution is -2.12. The van der Waals surface area contributed by atoms with Crippen molar-refractivity contribution in [2.45, 2.75) is 161 Å². The van der Waals surface area contributed by atoms with Gasteiger partial charge in [-0.05, 0) is 246 Å². The topological polar surface area (TPSA) is 364 Å². The number of hydrogen-bond donors (Lipinski definition) is 8. The minimum absolute atomic E-state index is 0.0235. The molecule has 8 N–H and O–H groups in total. The molecule has 650 valence electrons. The van der Waals surface area contributed by atoms with E-state index >= 15 is 0 Å². The van der Waals surface area contributed by atoms with Crippen LogP contribution in [0.1, 0.15) is 164 Å². The Morgan fingerprint density at radius 2 is 0.614 bits per heavy atom. The zero-order valence-electron chi connectivity index (χ0n) is 74.3. The van der Waals surface area contributed by atoms with Crippen LogP contribution in [0.15, 0.2) is 208 Å². The number of imidazole rings is 4. The molecular weight excluding hydrogens is 1600 g/mol. The molecule has 29 nitrogen and oxygen atoms in total. The van der Waals surface area contributed by atoms with Crippen LogP contribution in [0, 0.1) is 88.9 Å². The number of ether oxygens (including phenoxy) is 1. The Hall–Kier alpha value is -14.6. The molecule has 0 spiro atoms. The van der Waals surface area contributed by atoms with E-state index in [0.29, 0.717) is 85.5 Å². The van der Waals surface area contributed by atoms with Crippen LogP contribution in [0.25, 0.3) is 68.3 Å². The maximum Gasteiger partial charge on any atom is 0.152 e. The summed E-state index contributed by atoms with van der Waals surface area (Å²) in [6.07, 6.45) is 14.4. The molecule has 0 unspecified atom stereocenters. The first-order valence-corrected chi connectivity index (χ1v) is 41.6. The van der Waals surface area contributed by atoms with Crippen LogP contribution in [0.5, 0.6) is 5.75 Å². The van der Waals surface area contributed by atoms with Crippen LogP contribution in [-0.4, -0.2) is 126 Å². The number of rotatable bonds is 25. The molecule has 16 aromatic rings. The molecule has 0 fully saturated rings. The van der Waals surface area contributed by atoms with Crippen molar-refractivity contribution in [1.82, 2.24) is 98.9 Å². The summed E-state index contributed by atoms with van der Waals surface area (Å²) in [7, 11) is 1.68. The van der Waals surface area contributed by atoms with E-state index < -0.39 is 0 Å². The maximum atomic E-state index is 14.3. The van der Waals surface area contributed by atoms with Gasteiger partial charge in [-0.15, -0.1) is 40.8 Å². The standard InChI is InChI=1S/C25H28N6O2.C24H25FN6O.2C24H26N6O/c1-15-6-7-19(11-24(15)33-5)18(4)27-25-16(2)10-21(29-30-25)20-8-9-23(22(13-32)28-20)31-12-17(3)26-14-31;1-14-5-6-18(19(25)9-14)17(4)27-24-15(2)10-21(29-30-24)20-7-8-23(22(12-32)28-20)31-11-16(3)26-13-31;2*1-15-6-5-7-19(10-15)18(4)26-24-16(2)11-21(28-29-24)20-8-9-23(22(13-31)27-20)30-12-17(3)25-14-30/h6-12,14,18,32H,13H2,1-5H3,(H,27,30);5-11,13,17,32H,12H2,1-4H3,(H,27,30);2*5-12,14,18,31H,13H2,1-4H3,(H,26,29)/t18-;17-;2*18-/m0000/s1. The number of benzene rings is 4. The number of halogens is 1. The Kier molecular flexibility index (Phi) is 29.0. The van der Waals surface area contributed by atoms with E-state index in [-0.39, 0.29) is 56.4 Å². The summed E-state index contributed by atoms with van der Waals surface area (Å²) in [6, 6.07) is 51.0. The van der Waals surface area contributed by atoms with Crippen LogP contribution >= 0.6 is 0 Å². The summed E-state index contributed by atoms with van der Waals surface area (Å²) >= 11 is 0. The molecule has 127 heavy (non-hydrogen) atoms. The van der Waals surface area contributed by atoms with Gasteiger partial charge >= 0.3 is 0 Å². The third-order valence-electron chi connectivity index (χ3n) is 21.4. The van der Waals surface area contributed by atoms with Gasteiger partial charge in [0.1, 0.15) is 34.3 Å². The first-order valence-electron chi connectivity index (χ1n) is 41.6. The molecule has 0 aliphatic heterocycles. The summed E-state index contributed by atoms with van der Waals surface area (Å²) in [6.45, 7) is 31.0. The average Bonchev–Trinajstić information content (AvgIpc) is 1.80. The largest absolute Gasteiger partial charge is 0.496 e. The number of aromatic nitrogens is 20. The zero-order chi connectivity index (χ0) is 90.3. The molecule has 0 aliphatic carbocycles. The average molecular weight is 1710 g/mol. The van der Waals surface area contributed by atoms with Gasteiger partial charge in [-0.3, -0.25) is 0 Å². The number of pyridine rings is 4. The minimum atomic E-state index is -0.272. The minimum Gasteiger partial charge on any atom is -0.496 e. The zero-order valence-corrected chi connectivity index (χ0v) is 74.3. The van der Waals surface area contributed by atoms with Gasteiger partial charge in [-0.1, -0.05) is 83.9 Å². The highest BCUT2D eigenvalue weighted by molar-refractivity contribution is 5.65. The molecule has 4 aromatic carbocycles. The quantitative estimate of drug-likeness (QED) is 0.0263. The van der Waals surface area contributed by atoms with Crippen molar-refractivity contribution in [3.63, 3.8) is 0 Å². The second kappa shape index (κ2) is 40.8. The van der Waals surface area contributed by atoms with Gasteiger partial charge in [0.05, 0.1) is 174 Å². The number of anilines is 4. The highest BCUT2D eigenvalue weighted by Gasteiger charge is 2.22. The third-order valence-corrected chi connectivity index (χ3v) is 21.4. The van der Waals surface area contributed by atoms with Gasteiger partial charge in [-0.25, -0.2) is 44.3 Å². The van der Waals surface area contributed by atoms with Crippen molar-refractivity contribution in [1.29, 1.82) is 0 Å². The van der Waals surface area contributed by atoms with Gasteiger partial charge in [-0.2, -0.15) is 0 Å². The molecule has 30 heteroatoms. The predicted octanol–water partition coefficient (Wildman–Crippen LogP) is 17.4. The van der Waals surface area contributed by atoms with Crippen molar-refractivity contribution in [3.8, 4) is 74.1 Å². The predicted molar refractivity (Wildman–Crippen MR) is 491 cm³/mol. The Labute approximate surface area is 737 Å². The molecular formula is C97H105FN24O5. The van der Waals surface area contributed by atoms with Crippen molar-refractivity contribution in [2.24, 2.45) is 0 Å². The van der Waals surface area contributed by atoms with Crippen molar-refractivity contribution in [2.75, 3.05) is 28.4 Å². The van der Waals surface area contributed by atoms with Crippen LogP contribution in [-0.2, 0) is 26.4 Å². The fourth-order valence-electron chi connectivity index (χ4n) is 14.3. The summed E-state index contributed by atoms with van der Waals surface area (Å²) in [4.78, 5) is 35.4. The Bertz CT molecular complexity index is 6350. The fraction of sp³-hybridized carbons (Fsp3) is 0.258. The van der Waals surface area contributed by atoms with E-state index in [9.17, 15) is 24.8 Å². The molecule has 0 bridgehead atoms. The summed E-state index contributed by atoms with van der Waals surface area (Å²) in [5, 5.41) is 87.9. The smallest absolute Gasteiger partial charge is 0.152 e. The Morgan fingerprint density at radius 3 is 0.882 bits per heavy atom. The third kappa shape index (κ3) is 22.1. The first kappa shape index (κ1) is 90.1. The lowest BCUT2D eigenvalue weighted by atomic mass is 10.1. The number of nitrogens with one attached hydrogen (secondary N) is 4. The number of methoxy groups -OCH3 is 1. The maximum absolute atomic E-state index is 14.3. The Morgan fingerprint density at radius 1 is 0.315 bits per heavy atom. The second-order valence-corrected chi connectivity index (χ2v) is 31.6. The molecule has 16 rings (SSSR count). The van der Waals surface area contributed by atoms with Gasteiger partial charge < -0.3 is 64.7 Å². The molecule has 0 radical (unpaired) electrons. The monoisotopic (exact) mass is 1700 g/mol. The number of aliphatic hydroxyl groups is 4. The van der Waals surface area contributed by atoms with E-state index in [4.69, 9.17) is 4.74 Å². The number of hydrogen-bond acceptors (Lipinski definition) is 25. The van der Waals surface area contributed by atoms with Crippen molar-refractivity contribution in [3.05, 3.63) is 326 Å². The van der Waals surface area contributed by atoms with Gasteiger partial charge in [0.15, 0.2) is 23.3 Å². The normalized spacial score (nSPS) is 12.0. The number of aryl methyl sites for hydroxylation is 12. The van der Waals surface area contributed by atoms with E-state index in [2.05, 4.69) is 191 Å². The van der Waals surface area contributed by atoms with Crippen LogP contribution < -0.4 is 26.0 Å². The van der Waals surface area contributed by atoms with Crippen molar-refractivity contribution < 1.29 is 29.6 Å². The summed E-state index contributed by atoms with van der Waals surface area (Å²) in [5.41, 5.74) is 26.3. The highest BCUT2D eigenvalue weighted by Crippen LogP contribution is 2.33. The van der Waals surface area contributed by atoms with E-state index in [1.165, 1.54) is 28.3 Å². The lowest BCUT2D eigenvalue weighted by molar-refractivity contribution is 0.276. The summed E-state index contributed by atoms with van der Waals surface area (Å²) < 4.78 is 27.1. The number of nitrogens with zero attached hydrogens (tertiary/aromatic N) is 20. The molecule has 0 saturated carbocycles. The molecule has 4 atom stereocenters. The van der Waals surface area contributed by atoms with E-state index in [0.717, 1.165) is 102 Å². The lowest BCUT2D eigenvalue weighted by Gasteiger charge is -2.18. The molecule has 0 saturated heterocycles. The molecule has 12 heterocycles. The summed E-state index contributed by atoms with van der Waals surface area (Å²) in [5.74, 6) is 3.38.